The van der Waals surface area contributed by atoms with E-state index in [0.717, 1.165) is 25.8 Å². The number of likely N-dealkylation sites (N-methyl/N-ethyl adjacent to an activating group) is 1. The molecule has 2 saturated heterocycles. The first-order chi connectivity index (χ1) is 8.56. The van der Waals surface area contributed by atoms with Crippen molar-refractivity contribution in [3.63, 3.8) is 0 Å². The summed E-state index contributed by atoms with van der Waals surface area (Å²) in [5.41, 5.74) is 0. The molecule has 2 rings (SSSR count). The van der Waals surface area contributed by atoms with Gasteiger partial charge in [-0.15, -0.1) is 0 Å². The number of piperazine rings is 1. The smallest absolute Gasteiger partial charge is 0.245 e. The maximum atomic E-state index is 12.2. The molecule has 2 amide bonds. The van der Waals surface area contributed by atoms with E-state index in [2.05, 4.69) is 32.9 Å². The lowest BCUT2D eigenvalue weighted by Gasteiger charge is -2.50. The Balaban J connectivity index is 2.22. The van der Waals surface area contributed by atoms with Gasteiger partial charge in [-0.1, -0.05) is 19.8 Å². The van der Waals surface area contributed by atoms with Crippen molar-refractivity contribution in [3.8, 4) is 0 Å². The van der Waals surface area contributed by atoms with Crippen LogP contribution in [0.25, 0.3) is 0 Å². The number of hydrogen-bond donors (Lipinski definition) is 0. The highest BCUT2D eigenvalue weighted by molar-refractivity contribution is 14.1. The van der Waals surface area contributed by atoms with Crippen LogP contribution in [-0.4, -0.2) is 57.1 Å². The van der Waals surface area contributed by atoms with Gasteiger partial charge in [0.15, 0.2) is 0 Å². The molecular weight excluding hydrogens is 345 g/mol. The molecule has 2 aliphatic rings. The molecule has 2 unspecified atom stereocenters. The Kier molecular flexibility index (Phi) is 4.47. The van der Waals surface area contributed by atoms with Crippen LogP contribution in [0.5, 0.6) is 0 Å². The summed E-state index contributed by atoms with van der Waals surface area (Å²) in [4.78, 5) is 28.0. The summed E-state index contributed by atoms with van der Waals surface area (Å²) in [5.74, 6) is 0.232. The van der Waals surface area contributed by atoms with Crippen molar-refractivity contribution in [2.24, 2.45) is 0 Å². The molecule has 0 saturated carbocycles. The lowest BCUT2D eigenvalue weighted by atomic mass is 10.0. The molecule has 18 heavy (non-hydrogen) atoms. The standard InChI is InChI=1S/C12H20IN3O2/c1-3-4-5-9-12(18)14(2)8-10-15(13)7-6-11(17)16(9)10/h9-10H,3-8H2,1-2H3. The van der Waals surface area contributed by atoms with Gasteiger partial charge >= 0.3 is 0 Å². The summed E-state index contributed by atoms with van der Waals surface area (Å²) in [6.07, 6.45) is 3.40. The van der Waals surface area contributed by atoms with Crippen LogP contribution in [0, 0.1) is 0 Å². The van der Waals surface area contributed by atoms with E-state index in [1.54, 1.807) is 4.90 Å². The fourth-order valence-electron chi connectivity index (χ4n) is 2.71. The van der Waals surface area contributed by atoms with Crippen LogP contribution in [0.1, 0.15) is 32.6 Å². The molecule has 0 aromatic carbocycles. The van der Waals surface area contributed by atoms with E-state index in [4.69, 9.17) is 0 Å². The summed E-state index contributed by atoms with van der Waals surface area (Å²) in [5, 5.41) is 0. The number of carbonyl (C=O) groups is 2. The van der Waals surface area contributed by atoms with Crippen molar-refractivity contribution in [2.75, 3.05) is 20.1 Å². The summed E-state index contributed by atoms with van der Waals surface area (Å²) in [7, 11) is 1.84. The predicted octanol–water partition coefficient (Wildman–Crippen LogP) is 1.23. The van der Waals surface area contributed by atoms with Gasteiger partial charge in [-0.25, -0.2) is 3.11 Å². The molecule has 0 bridgehead atoms. The van der Waals surface area contributed by atoms with Gasteiger partial charge in [-0.05, 0) is 6.42 Å². The topological polar surface area (TPSA) is 43.9 Å². The number of halogens is 1. The van der Waals surface area contributed by atoms with Gasteiger partial charge in [-0.3, -0.25) is 9.59 Å². The second-order valence-electron chi connectivity index (χ2n) is 5.03. The molecule has 6 heteroatoms. The lowest BCUT2D eigenvalue weighted by molar-refractivity contribution is -0.162. The second kappa shape index (κ2) is 5.73. The third-order valence-corrected chi connectivity index (χ3v) is 4.86. The third-order valence-electron chi connectivity index (χ3n) is 3.74. The van der Waals surface area contributed by atoms with Crippen LogP contribution >= 0.6 is 22.9 Å². The van der Waals surface area contributed by atoms with Crippen LogP contribution in [0.4, 0.5) is 0 Å². The lowest BCUT2D eigenvalue weighted by Crippen LogP contribution is -2.68. The van der Waals surface area contributed by atoms with Gasteiger partial charge in [0.2, 0.25) is 11.8 Å². The zero-order valence-corrected chi connectivity index (χ0v) is 13.1. The van der Waals surface area contributed by atoms with Gasteiger partial charge < -0.3 is 9.80 Å². The molecule has 2 aliphatic heterocycles. The second-order valence-corrected chi connectivity index (χ2v) is 6.27. The highest BCUT2D eigenvalue weighted by atomic mass is 127. The molecule has 0 radical (unpaired) electrons. The molecule has 0 aliphatic carbocycles. The maximum absolute atomic E-state index is 12.2. The van der Waals surface area contributed by atoms with E-state index in [0.29, 0.717) is 13.0 Å². The van der Waals surface area contributed by atoms with Gasteiger partial charge in [0, 0.05) is 42.9 Å². The Morgan fingerprint density at radius 2 is 2.11 bits per heavy atom. The zero-order valence-electron chi connectivity index (χ0n) is 10.9. The molecule has 2 fully saturated rings. The van der Waals surface area contributed by atoms with E-state index >= 15 is 0 Å². The molecule has 2 heterocycles. The predicted molar refractivity (Wildman–Crippen MR) is 76.9 cm³/mol. The fraction of sp³-hybridized carbons (Fsp3) is 0.833. The Bertz CT molecular complexity index is 350. The minimum absolute atomic E-state index is 0.0522. The van der Waals surface area contributed by atoms with Gasteiger partial charge in [-0.2, -0.15) is 0 Å². The van der Waals surface area contributed by atoms with Crippen LogP contribution < -0.4 is 0 Å². The van der Waals surface area contributed by atoms with Crippen molar-refractivity contribution in [3.05, 3.63) is 0 Å². The normalized spacial score (nSPS) is 29.7. The maximum Gasteiger partial charge on any atom is 0.245 e. The van der Waals surface area contributed by atoms with Crippen molar-refractivity contribution < 1.29 is 9.59 Å². The monoisotopic (exact) mass is 365 g/mol. The van der Waals surface area contributed by atoms with E-state index in [9.17, 15) is 9.59 Å². The Morgan fingerprint density at radius 1 is 1.39 bits per heavy atom. The minimum atomic E-state index is -0.251. The molecular formula is C12H20IN3O2. The van der Waals surface area contributed by atoms with Crippen LogP contribution in [0.2, 0.25) is 0 Å². The number of nitrogens with zero attached hydrogens (tertiary/aromatic N) is 3. The summed E-state index contributed by atoms with van der Waals surface area (Å²) < 4.78 is 2.15. The molecule has 2 atom stereocenters. The molecule has 0 N–H and O–H groups in total. The minimum Gasteiger partial charge on any atom is -0.340 e. The van der Waals surface area contributed by atoms with Crippen LogP contribution in [0.15, 0.2) is 0 Å². The fourth-order valence-corrected chi connectivity index (χ4v) is 3.39. The molecule has 5 nitrogen and oxygen atoms in total. The van der Waals surface area contributed by atoms with Crippen LogP contribution in [0.3, 0.4) is 0 Å². The number of fused-ring (bicyclic) bond motifs is 1. The summed E-state index contributed by atoms with van der Waals surface area (Å²) >= 11 is 2.27. The van der Waals surface area contributed by atoms with Crippen molar-refractivity contribution in [1.29, 1.82) is 0 Å². The molecule has 0 aromatic rings. The number of amides is 2. The average Bonchev–Trinajstić information content (AvgIpc) is 2.35. The zero-order chi connectivity index (χ0) is 13.3. The van der Waals surface area contributed by atoms with Crippen LogP contribution in [-0.2, 0) is 9.59 Å². The SMILES string of the molecule is CCCCC1C(=O)N(C)CC2N(I)CCC(=O)N12. The first-order valence-corrected chi connectivity index (χ1v) is 7.51. The van der Waals surface area contributed by atoms with E-state index < -0.39 is 0 Å². The van der Waals surface area contributed by atoms with E-state index in [1.807, 2.05) is 11.9 Å². The Morgan fingerprint density at radius 3 is 2.78 bits per heavy atom. The van der Waals surface area contributed by atoms with Gasteiger partial charge in [0.25, 0.3) is 0 Å². The Labute approximate surface area is 122 Å². The quantitative estimate of drug-likeness (QED) is 0.558. The van der Waals surface area contributed by atoms with Gasteiger partial charge in [0.05, 0.1) is 6.54 Å². The number of hydrogen-bond acceptors (Lipinski definition) is 3. The summed E-state index contributed by atoms with van der Waals surface area (Å²) in [6, 6.07) is -0.251. The Hall–Kier alpha value is -0.370. The summed E-state index contributed by atoms with van der Waals surface area (Å²) in [6.45, 7) is 3.51. The van der Waals surface area contributed by atoms with E-state index in [-0.39, 0.29) is 24.0 Å². The number of rotatable bonds is 3. The molecule has 102 valence electrons. The van der Waals surface area contributed by atoms with Crippen molar-refractivity contribution in [1.82, 2.24) is 12.9 Å². The molecule has 0 spiro atoms. The van der Waals surface area contributed by atoms with Gasteiger partial charge in [0.1, 0.15) is 12.2 Å². The first-order valence-electron chi connectivity index (χ1n) is 6.54. The number of carbonyl (C=O) groups excluding carboxylic acids is 2. The van der Waals surface area contributed by atoms with E-state index in [1.165, 1.54) is 0 Å². The molecule has 0 aromatic heterocycles. The number of unbranched alkanes of at least 4 members (excludes halogenated alkanes) is 1. The highest BCUT2D eigenvalue weighted by Gasteiger charge is 2.45. The van der Waals surface area contributed by atoms with Crippen molar-refractivity contribution >= 4 is 34.7 Å². The first kappa shape index (κ1) is 14.0. The highest BCUT2D eigenvalue weighted by Crippen LogP contribution is 2.28. The largest absolute Gasteiger partial charge is 0.340 e. The average molecular weight is 365 g/mol. The third kappa shape index (κ3) is 2.49. The van der Waals surface area contributed by atoms with Crippen molar-refractivity contribution in [2.45, 2.75) is 44.8 Å².